The Morgan fingerprint density at radius 3 is 2.33 bits per heavy atom. The van der Waals surface area contributed by atoms with Crippen molar-refractivity contribution in [3.8, 4) is 17.1 Å². The van der Waals surface area contributed by atoms with E-state index in [1.54, 1.807) is 31.2 Å². The van der Waals surface area contributed by atoms with E-state index >= 15 is 0 Å². The zero-order valence-electron chi connectivity index (χ0n) is 16.3. The summed E-state index contributed by atoms with van der Waals surface area (Å²) < 4.78 is 46.5. The van der Waals surface area contributed by atoms with Crippen LogP contribution in [0, 0.1) is 12.3 Å². The third-order valence-corrected chi connectivity index (χ3v) is 5.48. The van der Waals surface area contributed by atoms with E-state index in [9.17, 15) is 18.3 Å². The van der Waals surface area contributed by atoms with Crippen molar-refractivity contribution in [3.63, 3.8) is 0 Å². The van der Waals surface area contributed by atoms with Crippen molar-refractivity contribution in [3.05, 3.63) is 65.5 Å². The third-order valence-electron chi connectivity index (χ3n) is 5.48. The fraction of sp³-hybridized carbons (Fsp3) is 0.333. The van der Waals surface area contributed by atoms with Crippen LogP contribution in [0.1, 0.15) is 23.9 Å². The van der Waals surface area contributed by atoms with E-state index < -0.39 is 17.4 Å². The molecule has 0 bridgehead atoms. The summed E-state index contributed by atoms with van der Waals surface area (Å²) in [5.41, 5.74) is -0.344. The van der Waals surface area contributed by atoms with Crippen LogP contribution < -0.4 is 10.1 Å². The highest BCUT2D eigenvalue weighted by molar-refractivity contribution is 5.57. The summed E-state index contributed by atoms with van der Waals surface area (Å²) in [6.07, 6.45) is -4.78. The smallest absolute Gasteiger partial charge is 0.406 e. The van der Waals surface area contributed by atoms with Gasteiger partial charge in [-0.15, -0.1) is 13.2 Å². The van der Waals surface area contributed by atoms with Gasteiger partial charge in [0, 0.05) is 31.0 Å². The first kappa shape index (κ1) is 20.4. The molecule has 1 atom stereocenters. The van der Waals surface area contributed by atoms with Crippen molar-refractivity contribution in [1.82, 2.24) is 15.5 Å². The minimum atomic E-state index is -4.78. The molecule has 0 spiro atoms. The van der Waals surface area contributed by atoms with Crippen molar-refractivity contribution in [2.75, 3.05) is 13.1 Å². The lowest BCUT2D eigenvalue weighted by Gasteiger charge is -2.52. The van der Waals surface area contributed by atoms with Crippen molar-refractivity contribution in [2.45, 2.75) is 25.8 Å². The van der Waals surface area contributed by atoms with E-state index in [1.165, 1.54) is 24.3 Å². The fourth-order valence-electron chi connectivity index (χ4n) is 3.82. The summed E-state index contributed by atoms with van der Waals surface area (Å²) in [6, 6.07) is 12.4. The quantitative estimate of drug-likeness (QED) is 0.655. The van der Waals surface area contributed by atoms with E-state index in [2.05, 4.69) is 20.2 Å². The minimum Gasteiger partial charge on any atom is -0.406 e. The summed E-state index contributed by atoms with van der Waals surface area (Å²) in [4.78, 5) is 4.22. The third kappa shape index (κ3) is 3.54. The highest BCUT2D eigenvalue weighted by atomic mass is 19.4. The molecule has 9 heteroatoms. The van der Waals surface area contributed by atoms with Crippen molar-refractivity contribution < 1.29 is 27.5 Å². The van der Waals surface area contributed by atoms with Crippen LogP contribution in [0.2, 0.25) is 0 Å². The summed E-state index contributed by atoms with van der Waals surface area (Å²) in [5.74, 6) is 0.463. The van der Waals surface area contributed by atoms with Crippen LogP contribution in [0.25, 0.3) is 11.4 Å². The molecule has 30 heavy (non-hydrogen) atoms. The number of hydrogen-bond acceptors (Lipinski definition) is 6. The molecule has 0 amide bonds. The highest BCUT2D eigenvalue weighted by Gasteiger charge is 2.53. The molecular formula is C21H20F3N3O3. The average molecular weight is 419 g/mol. The number of benzene rings is 2. The molecule has 2 N–H and O–H groups in total. The number of aromatic nitrogens is 2. The van der Waals surface area contributed by atoms with E-state index in [0.717, 1.165) is 0 Å². The van der Waals surface area contributed by atoms with Crippen LogP contribution in [0.15, 0.2) is 53.1 Å². The molecule has 6 nitrogen and oxygen atoms in total. The summed E-state index contributed by atoms with van der Waals surface area (Å²) in [6.45, 7) is 4.68. The van der Waals surface area contributed by atoms with Gasteiger partial charge in [-0.1, -0.05) is 42.4 Å². The van der Waals surface area contributed by atoms with E-state index in [0.29, 0.717) is 41.5 Å². The zero-order chi connectivity index (χ0) is 21.6. The molecule has 2 aromatic carbocycles. The number of nitrogens with one attached hydrogen (secondary N) is 1. The number of hydrogen-bond donors (Lipinski definition) is 2. The molecule has 1 unspecified atom stereocenters. The summed E-state index contributed by atoms with van der Waals surface area (Å²) in [7, 11) is 0. The Morgan fingerprint density at radius 1 is 1.10 bits per heavy atom. The van der Waals surface area contributed by atoms with Crippen LogP contribution in [-0.2, 0) is 5.60 Å². The highest BCUT2D eigenvalue weighted by Crippen LogP contribution is 2.48. The second-order valence-corrected chi connectivity index (χ2v) is 7.66. The van der Waals surface area contributed by atoms with Crippen LogP contribution in [0.3, 0.4) is 0 Å². The number of rotatable bonds is 5. The van der Waals surface area contributed by atoms with E-state index in [1.807, 2.05) is 6.92 Å². The number of nitrogens with zero attached hydrogens (tertiary/aromatic N) is 2. The molecule has 1 aliphatic rings. The van der Waals surface area contributed by atoms with Crippen LogP contribution in [0.5, 0.6) is 5.75 Å². The zero-order valence-corrected chi connectivity index (χ0v) is 16.3. The van der Waals surface area contributed by atoms with Crippen LogP contribution in [0.4, 0.5) is 13.2 Å². The van der Waals surface area contributed by atoms with Crippen molar-refractivity contribution >= 4 is 0 Å². The average Bonchev–Trinajstić information content (AvgIpc) is 3.11. The van der Waals surface area contributed by atoms with Gasteiger partial charge < -0.3 is 19.7 Å². The Hall–Kier alpha value is -2.91. The lowest BCUT2D eigenvalue weighted by atomic mass is 9.62. The Balaban J connectivity index is 1.77. The lowest BCUT2D eigenvalue weighted by Crippen LogP contribution is -2.63. The number of ether oxygens (including phenoxy) is 1. The summed E-state index contributed by atoms with van der Waals surface area (Å²) in [5, 5.41) is 19.1. The number of aryl methyl sites for hydroxylation is 1. The van der Waals surface area contributed by atoms with E-state index in [4.69, 9.17) is 4.52 Å². The monoisotopic (exact) mass is 419 g/mol. The molecule has 1 fully saturated rings. The van der Waals surface area contributed by atoms with Gasteiger partial charge in [-0.25, -0.2) is 0 Å². The topological polar surface area (TPSA) is 80.4 Å². The maximum Gasteiger partial charge on any atom is 0.573 e. The Morgan fingerprint density at radius 2 is 1.80 bits per heavy atom. The lowest BCUT2D eigenvalue weighted by molar-refractivity contribution is -0.274. The SMILES string of the molecule is Cc1nc(-c2cccc(C(O)(c3ccc(OC(F)(F)F)cc3)C3(C)CNC3)c2)no1. The molecule has 2 heterocycles. The standard InChI is InChI=1S/C21H20F3N3O3/c1-13-26-18(27-30-13)14-4-3-5-16(10-14)20(28,19(2)11-25-12-19)15-6-8-17(9-7-15)29-21(22,23)24/h3-10,25,28H,11-12H2,1-2H3. The predicted molar refractivity (Wildman–Crippen MR) is 102 cm³/mol. The van der Waals surface area contributed by atoms with Gasteiger partial charge in [0.25, 0.3) is 0 Å². The first-order valence-corrected chi connectivity index (χ1v) is 9.31. The van der Waals surface area contributed by atoms with Gasteiger partial charge in [0.2, 0.25) is 11.7 Å². The summed E-state index contributed by atoms with van der Waals surface area (Å²) >= 11 is 0. The van der Waals surface area contributed by atoms with Gasteiger partial charge >= 0.3 is 6.36 Å². The first-order valence-electron chi connectivity index (χ1n) is 9.31. The normalized spacial score (nSPS) is 17.8. The second-order valence-electron chi connectivity index (χ2n) is 7.66. The Bertz CT molecular complexity index is 1050. The molecule has 0 saturated carbocycles. The molecule has 0 aliphatic carbocycles. The van der Waals surface area contributed by atoms with Crippen LogP contribution in [-0.4, -0.2) is 34.7 Å². The predicted octanol–water partition coefficient (Wildman–Crippen LogP) is 3.79. The minimum absolute atomic E-state index is 0.346. The van der Waals surface area contributed by atoms with Crippen LogP contribution >= 0.6 is 0 Å². The molecule has 1 aromatic heterocycles. The first-order chi connectivity index (χ1) is 14.1. The van der Waals surface area contributed by atoms with Crippen molar-refractivity contribution in [1.29, 1.82) is 0 Å². The van der Waals surface area contributed by atoms with Gasteiger partial charge in [0.05, 0.1) is 0 Å². The van der Waals surface area contributed by atoms with Gasteiger partial charge in [-0.2, -0.15) is 4.98 Å². The maximum absolute atomic E-state index is 12.5. The van der Waals surface area contributed by atoms with Crippen molar-refractivity contribution in [2.24, 2.45) is 5.41 Å². The molecule has 1 aliphatic heterocycles. The molecular weight excluding hydrogens is 399 g/mol. The second kappa shape index (κ2) is 7.10. The van der Waals surface area contributed by atoms with Gasteiger partial charge in [0.1, 0.15) is 11.4 Å². The Labute approximate surface area is 170 Å². The number of alkyl halides is 3. The Kier molecular flexibility index (Phi) is 4.82. The largest absolute Gasteiger partial charge is 0.573 e. The van der Waals surface area contributed by atoms with Gasteiger partial charge in [0.15, 0.2) is 0 Å². The maximum atomic E-state index is 12.5. The molecule has 1 saturated heterocycles. The fourth-order valence-corrected chi connectivity index (χ4v) is 3.82. The molecule has 3 aromatic rings. The van der Waals surface area contributed by atoms with Gasteiger partial charge in [-0.3, -0.25) is 0 Å². The molecule has 4 rings (SSSR count). The van der Waals surface area contributed by atoms with Gasteiger partial charge in [-0.05, 0) is 29.3 Å². The number of halogens is 3. The van der Waals surface area contributed by atoms with E-state index in [-0.39, 0.29) is 5.75 Å². The molecule has 158 valence electrons. The molecule has 0 radical (unpaired) electrons. The number of aliphatic hydroxyl groups is 1.